The number of piperidine rings is 1. The van der Waals surface area contributed by atoms with Crippen LogP contribution in [-0.2, 0) is 21.2 Å². The third-order valence-corrected chi connectivity index (χ3v) is 8.29. The van der Waals surface area contributed by atoms with E-state index in [0.29, 0.717) is 26.2 Å². The van der Waals surface area contributed by atoms with Crippen molar-refractivity contribution in [2.24, 2.45) is 5.92 Å². The Bertz CT molecular complexity index is 996. The fraction of sp³-hybridized carbons (Fsp3) is 0.600. The first kappa shape index (κ1) is 20.6. The molecule has 1 aromatic heterocycles. The summed E-state index contributed by atoms with van der Waals surface area (Å²) in [5.74, 6) is -0.129. The Balaban J connectivity index is 1.40. The van der Waals surface area contributed by atoms with Crippen molar-refractivity contribution >= 4 is 42.6 Å². The molecule has 2 aliphatic rings. The number of hydrogen-bond donors (Lipinski definition) is 0. The summed E-state index contributed by atoms with van der Waals surface area (Å²) in [7, 11) is -3.24. The van der Waals surface area contributed by atoms with E-state index in [1.165, 1.54) is 20.8 Å². The van der Waals surface area contributed by atoms with Gasteiger partial charge in [-0.05, 0) is 30.9 Å². The maximum Gasteiger partial charge on any atom is 0.227 e. The lowest BCUT2D eigenvalue weighted by atomic mass is 9.98. The van der Waals surface area contributed by atoms with Crippen LogP contribution in [0, 0.1) is 5.92 Å². The normalized spacial score (nSPS) is 21.7. The van der Waals surface area contributed by atoms with Gasteiger partial charge in [-0.15, -0.1) is 0 Å². The standard InChI is InChI=1S/C20H28N4O3S2/c1-3-15-6-4-8-17-18(15)21-20(28-17)23-12-10-22(11-13-23)19(25)16-7-5-9-24(14-16)29(2,26)27/h4,6,8,16H,3,5,7,9-14H2,1-2H3. The van der Waals surface area contributed by atoms with E-state index in [2.05, 4.69) is 30.0 Å². The molecule has 29 heavy (non-hydrogen) atoms. The van der Waals surface area contributed by atoms with Crippen molar-refractivity contribution in [3.8, 4) is 0 Å². The molecule has 0 spiro atoms. The van der Waals surface area contributed by atoms with E-state index in [-0.39, 0.29) is 11.8 Å². The van der Waals surface area contributed by atoms with Gasteiger partial charge in [-0.3, -0.25) is 4.79 Å². The van der Waals surface area contributed by atoms with E-state index in [0.717, 1.165) is 43.0 Å². The first-order chi connectivity index (χ1) is 13.9. The number of benzene rings is 1. The quantitative estimate of drug-likeness (QED) is 0.735. The van der Waals surface area contributed by atoms with Crippen LogP contribution < -0.4 is 4.90 Å². The molecule has 1 atom stereocenters. The number of fused-ring (bicyclic) bond motifs is 1. The highest BCUT2D eigenvalue weighted by Gasteiger charge is 2.34. The van der Waals surface area contributed by atoms with Crippen molar-refractivity contribution in [1.29, 1.82) is 0 Å². The van der Waals surface area contributed by atoms with Gasteiger partial charge in [-0.25, -0.2) is 17.7 Å². The molecule has 0 aliphatic carbocycles. The van der Waals surface area contributed by atoms with Gasteiger partial charge in [0.15, 0.2) is 5.13 Å². The number of rotatable bonds is 4. The van der Waals surface area contributed by atoms with Gasteiger partial charge in [0.2, 0.25) is 15.9 Å². The van der Waals surface area contributed by atoms with Gasteiger partial charge < -0.3 is 9.80 Å². The van der Waals surface area contributed by atoms with Crippen molar-refractivity contribution in [3.63, 3.8) is 0 Å². The van der Waals surface area contributed by atoms with Crippen LogP contribution >= 0.6 is 11.3 Å². The van der Waals surface area contributed by atoms with Gasteiger partial charge in [-0.1, -0.05) is 30.4 Å². The van der Waals surface area contributed by atoms with E-state index < -0.39 is 10.0 Å². The first-order valence-electron chi connectivity index (χ1n) is 10.2. The minimum atomic E-state index is -3.24. The van der Waals surface area contributed by atoms with E-state index in [9.17, 15) is 13.2 Å². The minimum Gasteiger partial charge on any atom is -0.345 e. The highest BCUT2D eigenvalue weighted by molar-refractivity contribution is 7.88. The lowest BCUT2D eigenvalue weighted by Gasteiger charge is -2.38. The summed E-state index contributed by atoms with van der Waals surface area (Å²) in [5, 5.41) is 1.02. The van der Waals surface area contributed by atoms with Crippen molar-refractivity contribution in [1.82, 2.24) is 14.2 Å². The first-order valence-corrected chi connectivity index (χ1v) is 12.9. The minimum absolute atomic E-state index is 0.0931. The van der Waals surface area contributed by atoms with Gasteiger partial charge in [0.05, 0.1) is 22.4 Å². The molecule has 3 heterocycles. The number of hydrogen-bond acceptors (Lipinski definition) is 6. The predicted octanol–water partition coefficient (Wildman–Crippen LogP) is 2.18. The second-order valence-electron chi connectivity index (χ2n) is 7.89. The zero-order valence-corrected chi connectivity index (χ0v) is 18.6. The maximum atomic E-state index is 13.0. The molecule has 2 fully saturated rings. The molecule has 2 aliphatic heterocycles. The number of sulfonamides is 1. The molecule has 0 N–H and O–H groups in total. The monoisotopic (exact) mass is 436 g/mol. The van der Waals surface area contributed by atoms with E-state index in [1.54, 1.807) is 11.3 Å². The number of aromatic nitrogens is 1. The number of amides is 1. The summed E-state index contributed by atoms with van der Waals surface area (Å²) < 4.78 is 26.3. The third-order valence-electron chi connectivity index (χ3n) is 5.94. The van der Waals surface area contributed by atoms with Crippen LogP contribution in [0.2, 0.25) is 0 Å². The Morgan fingerprint density at radius 3 is 2.66 bits per heavy atom. The van der Waals surface area contributed by atoms with Crippen LogP contribution in [0.1, 0.15) is 25.3 Å². The van der Waals surface area contributed by atoms with Crippen LogP contribution in [0.3, 0.4) is 0 Å². The SMILES string of the molecule is CCc1cccc2sc(N3CCN(C(=O)C4CCCN(S(C)(=O)=O)C4)CC3)nc12. The van der Waals surface area contributed by atoms with Crippen molar-refractivity contribution in [2.45, 2.75) is 26.2 Å². The van der Waals surface area contributed by atoms with Crippen LogP contribution in [-0.4, -0.2) is 74.0 Å². The number of aryl methyl sites for hydroxylation is 1. The molecule has 2 saturated heterocycles. The molecular formula is C20H28N4O3S2. The summed E-state index contributed by atoms with van der Waals surface area (Å²) >= 11 is 1.71. The van der Waals surface area contributed by atoms with Crippen LogP contribution in [0.4, 0.5) is 5.13 Å². The van der Waals surface area contributed by atoms with Crippen molar-refractivity contribution in [3.05, 3.63) is 23.8 Å². The molecule has 0 bridgehead atoms. The Kier molecular flexibility index (Phi) is 5.81. The summed E-state index contributed by atoms with van der Waals surface area (Å²) in [5.41, 5.74) is 2.36. The number of anilines is 1. The number of thiazole rings is 1. The van der Waals surface area contributed by atoms with Crippen LogP contribution in [0.25, 0.3) is 10.2 Å². The fourth-order valence-corrected chi connectivity index (χ4v) is 6.21. The average Bonchev–Trinajstić information content (AvgIpc) is 3.17. The lowest BCUT2D eigenvalue weighted by Crippen LogP contribution is -2.53. The van der Waals surface area contributed by atoms with Gasteiger partial charge in [0.1, 0.15) is 0 Å². The Morgan fingerprint density at radius 2 is 1.97 bits per heavy atom. The molecule has 1 unspecified atom stereocenters. The summed E-state index contributed by atoms with van der Waals surface area (Å²) in [6.07, 6.45) is 3.70. The van der Waals surface area contributed by atoms with Gasteiger partial charge in [-0.2, -0.15) is 0 Å². The number of para-hydroxylation sites is 1. The largest absolute Gasteiger partial charge is 0.345 e. The average molecular weight is 437 g/mol. The topological polar surface area (TPSA) is 73.8 Å². The molecule has 1 aromatic carbocycles. The highest BCUT2D eigenvalue weighted by Crippen LogP contribution is 2.32. The number of carbonyl (C=O) groups excluding carboxylic acids is 1. The third kappa shape index (κ3) is 4.27. The number of carbonyl (C=O) groups is 1. The molecule has 0 radical (unpaired) electrons. The second kappa shape index (κ2) is 8.20. The van der Waals surface area contributed by atoms with Crippen LogP contribution in [0.15, 0.2) is 18.2 Å². The molecule has 4 rings (SSSR count). The predicted molar refractivity (Wildman–Crippen MR) is 117 cm³/mol. The summed E-state index contributed by atoms with van der Waals surface area (Å²) in [4.78, 5) is 22.0. The zero-order valence-electron chi connectivity index (χ0n) is 17.0. The molecule has 7 nitrogen and oxygen atoms in total. The lowest BCUT2D eigenvalue weighted by molar-refractivity contribution is -0.137. The molecule has 1 amide bonds. The van der Waals surface area contributed by atoms with Gasteiger partial charge in [0, 0.05) is 39.3 Å². The molecule has 0 saturated carbocycles. The fourth-order valence-electron chi connectivity index (χ4n) is 4.24. The zero-order chi connectivity index (χ0) is 20.6. The van der Waals surface area contributed by atoms with Crippen molar-refractivity contribution in [2.75, 3.05) is 50.4 Å². The second-order valence-corrected chi connectivity index (χ2v) is 10.9. The maximum absolute atomic E-state index is 13.0. The molecular weight excluding hydrogens is 408 g/mol. The van der Waals surface area contributed by atoms with Gasteiger partial charge in [0.25, 0.3) is 0 Å². The van der Waals surface area contributed by atoms with Gasteiger partial charge >= 0.3 is 0 Å². The van der Waals surface area contributed by atoms with E-state index in [1.807, 2.05) is 4.90 Å². The summed E-state index contributed by atoms with van der Waals surface area (Å²) in [6, 6.07) is 6.34. The molecule has 158 valence electrons. The number of piperazine rings is 1. The molecule has 9 heteroatoms. The van der Waals surface area contributed by atoms with Crippen molar-refractivity contribution < 1.29 is 13.2 Å². The van der Waals surface area contributed by atoms with E-state index in [4.69, 9.17) is 4.98 Å². The molecule has 2 aromatic rings. The van der Waals surface area contributed by atoms with Crippen LogP contribution in [0.5, 0.6) is 0 Å². The smallest absolute Gasteiger partial charge is 0.227 e. The van der Waals surface area contributed by atoms with E-state index >= 15 is 0 Å². The Labute approximate surface area is 176 Å². The summed E-state index contributed by atoms with van der Waals surface area (Å²) in [6.45, 7) is 5.82. The number of nitrogens with zero attached hydrogens (tertiary/aromatic N) is 4. The highest BCUT2D eigenvalue weighted by atomic mass is 32.2. The Morgan fingerprint density at radius 1 is 1.21 bits per heavy atom. The Hall–Kier alpha value is -1.71.